The molecule has 0 atom stereocenters. The Labute approximate surface area is 132 Å². The zero-order chi connectivity index (χ0) is 15.7. The fraction of sp³-hybridized carbons (Fsp3) is 0.529. The van der Waals surface area contributed by atoms with Gasteiger partial charge in [-0.3, -0.25) is 4.90 Å². The lowest BCUT2D eigenvalue weighted by Gasteiger charge is -2.46. The highest BCUT2D eigenvalue weighted by Gasteiger charge is 2.43. The molecule has 4 N–H and O–H groups in total. The third-order valence-electron chi connectivity index (χ3n) is 4.78. The van der Waals surface area contributed by atoms with Gasteiger partial charge in [-0.2, -0.15) is 4.99 Å². The number of rotatable bonds is 2. The van der Waals surface area contributed by atoms with Crippen molar-refractivity contribution in [3.63, 3.8) is 0 Å². The summed E-state index contributed by atoms with van der Waals surface area (Å²) < 4.78 is 0. The van der Waals surface area contributed by atoms with Gasteiger partial charge in [-0.25, -0.2) is 4.99 Å². The molecule has 1 aliphatic heterocycles. The maximum Gasteiger partial charge on any atom is 0.220 e. The largest absolute Gasteiger partial charge is 0.369 e. The topological polar surface area (TPSA) is 80.0 Å². The minimum Gasteiger partial charge on any atom is -0.369 e. The molecule has 5 nitrogen and oxygen atoms in total. The Hall–Kier alpha value is -2.04. The van der Waals surface area contributed by atoms with Crippen molar-refractivity contribution in [3.05, 3.63) is 29.3 Å². The van der Waals surface area contributed by atoms with Crippen LogP contribution in [0, 0.1) is 6.92 Å². The summed E-state index contributed by atoms with van der Waals surface area (Å²) in [4.78, 5) is 11.2. The number of nitrogens with zero attached hydrogens (tertiary/aromatic N) is 3. The predicted octanol–water partition coefficient (Wildman–Crippen LogP) is 2.67. The minimum absolute atomic E-state index is 0.308. The van der Waals surface area contributed by atoms with Gasteiger partial charge < -0.3 is 11.5 Å². The fourth-order valence-electron chi connectivity index (χ4n) is 3.77. The molecule has 0 unspecified atom stereocenters. The van der Waals surface area contributed by atoms with E-state index in [1.807, 2.05) is 0 Å². The molecule has 1 spiro atoms. The third kappa shape index (κ3) is 2.34. The number of nitrogens with two attached hydrogens (primary N) is 2. The van der Waals surface area contributed by atoms with Crippen molar-refractivity contribution in [2.75, 3.05) is 4.90 Å². The molecule has 1 saturated carbocycles. The molecule has 1 aromatic rings. The molecule has 118 valence electrons. The smallest absolute Gasteiger partial charge is 0.220 e. The maximum absolute atomic E-state index is 6.31. The summed E-state index contributed by atoms with van der Waals surface area (Å²) in [7, 11) is 0. The van der Waals surface area contributed by atoms with Crippen molar-refractivity contribution in [2.24, 2.45) is 21.5 Å². The lowest BCUT2D eigenvalue weighted by atomic mass is 9.86. The van der Waals surface area contributed by atoms with Crippen LogP contribution in [-0.4, -0.2) is 17.6 Å². The Bertz CT molecular complexity index is 626. The standard InChI is InChI=1S/C17H25N5/c1-3-13-9-7-8-12(2)14(13)22-16(19)20-15(18)21-17(22)10-5-4-6-11-17/h7-9H,3-6,10-11H2,1-2H3,(H4,18,19,20,21). The SMILES string of the molecule is CCc1cccc(C)c1N1C(N)=NC(N)=NC12CCCCC2. The van der Waals surface area contributed by atoms with E-state index in [9.17, 15) is 0 Å². The first-order valence-electron chi connectivity index (χ1n) is 8.15. The van der Waals surface area contributed by atoms with Crippen LogP contribution in [0.4, 0.5) is 5.69 Å². The number of aryl methyl sites for hydroxylation is 2. The van der Waals surface area contributed by atoms with Gasteiger partial charge in [-0.1, -0.05) is 31.5 Å². The van der Waals surface area contributed by atoms with Crippen molar-refractivity contribution in [2.45, 2.75) is 58.0 Å². The van der Waals surface area contributed by atoms with Gasteiger partial charge in [0.15, 0.2) is 0 Å². The lowest BCUT2D eigenvalue weighted by molar-refractivity contribution is 0.305. The molecule has 1 fully saturated rings. The van der Waals surface area contributed by atoms with Crippen LogP contribution >= 0.6 is 0 Å². The molecule has 22 heavy (non-hydrogen) atoms. The molecule has 0 aromatic heterocycles. The molecular formula is C17H25N5. The van der Waals surface area contributed by atoms with Crippen LogP contribution in [0.25, 0.3) is 0 Å². The molecule has 5 heteroatoms. The number of anilines is 1. The maximum atomic E-state index is 6.31. The molecule has 0 saturated heterocycles. The summed E-state index contributed by atoms with van der Waals surface area (Å²) in [5, 5.41) is 0. The Kier molecular flexibility index (Phi) is 3.81. The second kappa shape index (κ2) is 5.63. The highest BCUT2D eigenvalue weighted by Crippen LogP contribution is 2.41. The van der Waals surface area contributed by atoms with Crippen molar-refractivity contribution in [1.29, 1.82) is 0 Å². The van der Waals surface area contributed by atoms with Gasteiger partial charge in [0.05, 0.1) is 5.69 Å². The highest BCUT2D eigenvalue weighted by molar-refractivity contribution is 6.06. The molecule has 1 aromatic carbocycles. The zero-order valence-electron chi connectivity index (χ0n) is 13.5. The molecule has 3 rings (SSSR count). The first kappa shape index (κ1) is 14.9. The van der Waals surface area contributed by atoms with Crippen LogP contribution < -0.4 is 16.4 Å². The van der Waals surface area contributed by atoms with E-state index in [-0.39, 0.29) is 5.66 Å². The van der Waals surface area contributed by atoms with E-state index >= 15 is 0 Å². The Morgan fingerprint density at radius 2 is 1.91 bits per heavy atom. The highest BCUT2D eigenvalue weighted by atomic mass is 15.4. The monoisotopic (exact) mass is 299 g/mol. The van der Waals surface area contributed by atoms with E-state index in [0.29, 0.717) is 11.9 Å². The molecule has 1 aliphatic carbocycles. The Balaban J connectivity index is 2.17. The zero-order valence-corrected chi connectivity index (χ0v) is 13.5. The van der Waals surface area contributed by atoms with Crippen LogP contribution in [0.2, 0.25) is 0 Å². The van der Waals surface area contributed by atoms with Gasteiger partial charge in [0.2, 0.25) is 11.9 Å². The average Bonchev–Trinajstić information content (AvgIpc) is 2.48. The van der Waals surface area contributed by atoms with E-state index < -0.39 is 0 Å². The Morgan fingerprint density at radius 1 is 1.18 bits per heavy atom. The van der Waals surface area contributed by atoms with Crippen LogP contribution in [-0.2, 0) is 6.42 Å². The summed E-state index contributed by atoms with van der Waals surface area (Å²) >= 11 is 0. The summed E-state index contributed by atoms with van der Waals surface area (Å²) in [6, 6.07) is 6.38. The van der Waals surface area contributed by atoms with Gasteiger partial charge in [0, 0.05) is 0 Å². The molecule has 0 radical (unpaired) electrons. The second-order valence-electron chi connectivity index (χ2n) is 6.25. The summed E-state index contributed by atoms with van der Waals surface area (Å²) in [5.41, 5.74) is 15.5. The number of benzene rings is 1. The van der Waals surface area contributed by atoms with Gasteiger partial charge in [-0.05, 0) is 50.2 Å². The van der Waals surface area contributed by atoms with Gasteiger partial charge in [0.25, 0.3) is 0 Å². The fourth-order valence-corrected chi connectivity index (χ4v) is 3.77. The third-order valence-corrected chi connectivity index (χ3v) is 4.78. The molecule has 2 aliphatic rings. The molecule has 0 bridgehead atoms. The summed E-state index contributed by atoms with van der Waals surface area (Å²) in [6.45, 7) is 4.29. The summed E-state index contributed by atoms with van der Waals surface area (Å²) in [6.07, 6.45) is 6.44. The normalized spacial score (nSPS) is 20.7. The molecular weight excluding hydrogens is 274 g/mol. The minimum atomic E-state index is -0.357. The van der Waals surface area contributed by atoms with E-state index in [1.165, 1.54) is 17.5 Å². The molecule has 0 amide bonds. The van der Waals surface area contributed by atoms with Crippen molar-refractivity contribution < 1.29 is 0 Å². The van der Waals surface area contributed by atoms with Crippen LogP contribution in [0.1, 0.15) is 50.2 Å². The van der Waals surface area contributed by atoms with Crippen LogP contribution in [0.5, 0.6) is 0 Å². The first-order valence-corrected chi connectivity index (χ1v) is 8.15. The van der Waals surface area contributed by atoms with E-state index in [1.54, 1.807) is 0 Å². The van der Waals surface area contributed by atoms with E-state index in [4.69, 9.17) is 16.5 Å². The lowest BCUT2D eigenvalue weighted by Crippen LogP contribution is -2.58. The van der Waals surface area contributed by atoms with Gasteiger partial charge in [-0.15, -0.1) is 0 Å². The first-order chi connectivity index (χ1) is 10.6. The van der Waals surface area contributed by atoms with Crippen LogP contribution in [0.15, 0.2) is 28.2 Å². The van der Waals surface area contributed by atoms with Gasteiger partial charge >= 0.3 is 0 Å². The Morgan fingerprint density at radius 3 is 2.59 bits per heavy atom. The van der Waals surface area contributed by atoms with Crippen molar-refractivity contribution in [3.8, 4) is 0 Å². The number of hydrogen-bond acceptors (Lipinski definition) is 5. The second-order valence-corrected chi connectivity index (χ2v) is 6.25. The van der Waals surface area contributed by atoms with Gasteiger partial charge in [0.1, 0.15) is 5.66 Å². The van der Waals surface area contributed by atoms with Crippen LogP contribution in [0.3, 0.4) is 0 Å². The molecule has 1 heterocycles. The summed E-state index contributed by atoms with van der Waals surface area (Å²) in [5.74, 6) is 0.778. The van der Waals surface area contributed by atoms with E-state index in [2.05, 4.69) is 41.9 Å². The average molecular weight is 299 g/mol. The quantitative estimate of drug-likeness (QED) is 0.881. The number of guanidine groups is 2. The number of hydrogen-bond donors (Lipinski definition) is 2. The van der Waals surface area contributed by atoms with E-state index in [0.717, 1.165) is 37.8 Å². The predicted molar refractivity (Wildman–Crippen MR) is 92.1 cm³/mol. The van der Waals surface area contributed by atoms with Crippen molar-refractivity contribution >= 4 is 17.6 Å². The number of aliphatic imine (C=N–C) groups is 2. The van der Waals surface area contributed by atoms with Crippen molar-refractivity contribution in [1.82, 2.24) is 0 Å². The number of para-hydroxylation sites is 1.